The summed E-state index contributed by atoms with van der Waals surface area (Å²) < 4.78 is 5.14. The van der Waals surface area contributed by atoms with E-state index >= 15 is 0 Å². The highest BCUT2D eigenvalue weighted by Gasteiger charge is 2.23. The van der Waals surface area contributed by atoms with Gasteiger partial charge in [-0.1, -0.05) is 12.2 Å². The van der Waals surface area contributed by atoms with Gasteiger partial charge in [-0.25, -0.2) is 4.79 Å². The number of amides is 1. The lowest BCUT2D eigenvalue weighted by atomic mass is 10.2. The summed E-state index contributed by atoms with van der Waals surface area (Å²) in [5.74, 6) is 0. The molecule has 14 heavy (non-hydrogen) atoms. The van der Waals surface area contributed by atoms with E-state index in [1.807, 2.05) is 20.8 Å². The van der Waals surface area contributed by atoms with Crippen molar-refractivity contribution in [3.63, 3.8) is 0 Å². The Morgan fingerprint density at radius 3 is 2.21 bits per heavy atom. The first kappa shape index (κ1) is 13.2. The molecule has 5 heteroatoms. The number of hydrogen-bond donors (Lipinski definition) is 1. The largest absolute Gasteiger partial charge is 0.444 e. The van der Waals surface area contributed by atoms with Crippen molar-refractivity contribution in [1.82, 2.24) is 4.90 Å². The molecule has 0 aliphatic heterocycles. The molecule has 82 valence electrons. The van der Waals surface area contributed by atoms with Gasteiger partial charge in [-0.2, -0.15) is 0 Å². The van der Waals surface area contributed by atoms with Crippen LogP contribution in [0.2, 0.25) is 0 Å². The Balaban J connectivity index is 4.33. The molecular weight excluding hydrogens is 200 g/mol. The molecule has 0 heterocycles. The van der Waals surface area contributed by atoms with Crippen molar-refractivity contribution in [2.45, 2.75) is 39.3 Å². The third-order valence-corrected chi connectivity index (χ3v) is 2.02. The van der Waals surface area contributed by atoms with Crippen LogP contribution in [0.4, 0.5) is 4.79 Å². The normalized spacial score (nSPS) is 13.2. The van der Waals surface area contributed by atoms with Gasteiger partial charge < -0.3 is 15.4 Å². The summed E-state index contributed by atoms with van der Waals surface area (Å²) in [4.78, 5) is 13.2. The summed E-state index contributed by atoms with van der Waals surface area (Å²) in [6.45, 7) is 7.19. The van der Waals surface area contributed by atoms with Crippen molar-refractivity contribution in [3.05, 3.63) is 0 Å². The fraction of sp³-hybridized carbons (Fsp3) is 0.778. The lowest BCUT2D eigenvalue weighted by Crippen LogP contribution is -2.45. The second-order valence-electron chi connectivity index (χ2n) is 4.17. The summed E-state index contributed by atoms with van der Waals surface area (Å²) >= 11 is 4.78. The SMILES string of the molecule is C[C@@H](C(N)=S)N(C)C(=O)OC(C)(C)C. The van der Waals surface area contributed by atoms with Gasteiger partial charge in [-0.05, 0) is 27.7 Å². The molecular formula is C9H18N2O2S. The Morgan fingerprint density at radius 1 is 1.50 bits per heavy atom. The second-order valence-corrected chi connectivity index (χ2v) is 4.64. The van der Waals surface area contributed by atoms with Gasteiger partial charge in [-0.15, -0.1) is 0 Å². The number of carbonyl (C=O) groups excluding carboxylic acids is 1. The Hall–Kier alpha value is -0.840. The van der Waals surface area contributed by atoms with Crippen LogP contribution in [0.15, 0.2) is 0 Å². The molecule has 0 aromatic carbocycles. The molecule has 0 aromatic heterocycles. The van der Waals surface area contributed by atoms with E-state index in [1.165, 1.54) is 4.90 Å². The predicted octanol–water partition coefficient (Wildman–Crippen LogP) is 1.53. The number of rotatable bonds is 2. The fourth-order valence-electron chi connectivity index (χ4n) is 0.683. The molecule has 0 fully saturated rings. The zero-order valence-corrected chi connectivity index (χ0v) is 10.1. The molecule has 0 saturated carbocycles. The number of ether oxygens (including phenoxy) is 1. The van der Waals surface area contributed by atoms with E-state index in [9.17, 15) is 4.79 Å². The van der Waals surface area contributed by atoms with Crippen LogP contribution >= 0.6 is 12.2 Å². The fourth-order valence-corrected chi connectivity index (χ4v) is 0.841. The van der Waals surface area contributed by atoms with Gasteiger partial charge in [0, 0.05) is 7.05 Å². The minimum absolute atomic E-state index is 0.276. The minimum atomic E-state index is -0.499. The average molecular weight is 218 g/mol. The summed E-state index contributed by atoms with van der Waals surface area (Å²) in [6.07, 6.45) is -0.419. The number of nitrogens with zero attached hydrogens (tertiary/aromatic N) is 1. The van der Waals surface area contributed by atoms with Crippen molar-refractivity contribution < 1.29 is 9.53 Å². The van der Waals surface area contributed by atoms with Crippen molar-refractivity contribution >= 4 is 23.3 Å². The van der Waals surface area contributed by atoms with Gasteiger partial charge in [0.15, 0.2) is 0 Å². The maximum Gasteiger partial charge on any atom is 0.410 e. The monoisotopic (exact) mass is 218 g/mol. The third kappa shape index (κ3) is 4.41. The molecule has 0 aliphatic rings. The molecule has 0 spiro atoms. The Morgan fingerprint density at radius 2 is 1.93 bits per heavy atom. The van der Waals surface area contributed by atoms with Crippen LogP contribution in [-0.2, 0) is 4.74 Å². The van der Waals surface area contributed by atoms with Crippen molar-refractivity contribution in [2.75, 3.05) is 7.05 Å². The molecule has 0 aliphatic carbocycles. The Kier molecular flexibility index (Phi) is 4.32. The summed E-state index contributed by atoms with van der Waals surface area (Å²) in [6, 6.07) is -0.292. The molecule has 4 nitrogen and oxygen atoms in total. The highest BCUT2D eigenvalue weighted by atomic mass is 32.1. The smallest absolute Gasteiger partial charge is 0.410 e. The van der Waals surface area contributed by atoms with Crippen LogP contribution in [-0.4, -0.2) is 34.7 Å². The lowest BCUT2D eigenvalue weighted by molar-refractivity contribution is 0.0278. The zero-order chi connectivity index (χ0) is 11.5. The number of thiocarbonyl (C=S) groups is 1. The van der Waals surface area contributed by atoms with Gasteiger partial charge in [0.25, 0.3) is 0 Å². The molecule has 0 rings (SSSR count). The molecule has 1 atom stereocenters. The Bertz CT molecular complexity index is 235. The van der Waals surface area contributed by atoms with E-state index in [0.717, 1.165) is 0 Å². The first-order valence-electron chi connectivity index (χ1n) is 4.40. The third-order valence-electron chi connectivity index (χ3n) is 1.67. The zero-order valence-electron chi connectivity index (χ0n) is 9.33. The number of likely N-dealkylation sites (N-methyl/N-ethyl adjacent to an activating group) is 1. The first-order valence-corrected chi connectivity index (χ1v) is 4.81. The number of carbonyl (C=O) groups is 1. The van der Waals surface area contributed by atoms with Gasteiger partial charge in [0.05, 0.1) is 11.0 Å². The summed E-state index contributed by atoms with van der Waals surface area (Å²) in [5.41, 5.74) is 4.92. The average Bonchev–Trinajstić information content (AvgIpc) is 1.98. The van der Waals surface area contributed by atoms with E-state index < -0.39 is 11.7 Å². The Labute approximate surface area is 90.4 Å². The van der Waals surface area contributed by atoms with E-state index in [2.05, 4.69) is 0 Å². The first-order chi connectivity index (χ1) is 6.15. The van der Waals surface area contributed by atoms with Crippen LogP contribution in [0.25, 0.3) is 0 Å². The van der Waals surface area contributed by atoms with Crippen LogP contribution in [0.5, 0.6) is 0 Å². The van der Waals surface area contributed by atoms with Crippen molar-refractivity contribution in [1.29, 1.82) is 0 Å². The summed E-state index contributed by atoms with van der Waals surface area (Å²) in [7, 11) is 1.61. The maximum absolute atomic E-state index is 11.5. The second kappa shape index (κ2) is 4.59. The van der Waals surface area contributed by atoms with E-state index in [0.29, 0.717) is 0 Å². The topological polar surface area (TPSA) is 55.6 Å². The quantitative estimate of drug-likeness (QED) is 0.714. The molecule has 2 N–H and O–H groups in total. The van der Waals surface area contributed by atoms with Gasteiger partial charge in [-0.3, -0.25) is 0 Å². The van der Waals surface area contributed by atoms with Crippen molar-refractivity contribution in [2.24, 2.45) is 5.73 Å². The van der Waals surface area contributed by atoms with Crippen molar-refractivity contribution in [3.8, 4) is 0 Å². The molecule has 0 aromatic rings. The van der Waals surface area contributed by atoms with E-state index in [-0.39, 0.29) is 11.0 Å². The standard InChI is InChI=1S/C9H18N2O2S/c1-6(7(10)14)11(5)8(12)13-9(2,3)4/h6H,1-5H3,(H2,10,14)/t6-/m0/s1. The highest BCUT2D eigenvalue weighted by Crippen LogP contribution is 2.10. The lowest BCUT2D eigenvalue weighted by Gasteiger charge is -2.28. The van der Waals surface area contributed by atoms with Crippen LogP contribution < -0.4 is 5.73 Å². The highest BCUT2D eigenvalue weighted by molar-refractivity contribution is 7.80. The van der Waals surface area contributed by atoms with Gasteiger partial charge in [0.2, 0.25) is 0 Å². The molecule has 1 amide bonds. The van der Waals surface area contributed by atoms with Crippen LogP contribution in [0.1, 0.15) is 27.7 Å². The predicted molar refractivity (Wildman–Crippen MR) is 60.2 cm³/mol. The number of hydrogen-bond acceptors (Lipinski definition) is 3. The molecule has 0 bridgehead atoms. The van der Waals surface area contributed by atoms with E-state index in [1.54, 1.807) is 14.0 Å². The van der Waals surface area contributed by atoms with Gasteiger partial charge >= 0.3 is 6.09 Å². The van der Waals surface area contributed by atoms with Crippen LogP contribution in [0, 0.1) is 0 Å². The number of nitrogens with two attached hydrogens (primary N) is 1. The maximum atomic E-state index is 11.5. The minimum Gasteiger partial charge on any atom is -0.444 e. The van der Waals surface area contributed by atoms with Crippen LogP contribution in [0.3, 0.4) is 0 Å². The van der Waals surface area contributed by atoms with Gasteiger partial charge in [0.1, 0.15) is 5.60 Å². The molecule has 0 saturated heterocycles. The molecule has 0 unspecified atom stereocenters. The van der Waals surface area contributed by atoms with E-state index in [4.69, 9.17) is 22.7 Å². The molecule has 0 radical (unpaired) electrons. The summed E-state index contributed by atoms with van der Waals surface area (Å²) in [5, 5.41) is 0.